The Morgan fingerprint density at radius 2 is 0.766 bits per heavy atom. The van der Waals surface area contributed by atoms with Crippen molar-refractivity contribution in [2.75, 3.05) is 0 Å². The standard InChI is InChI=1S/C56H80O6P2/c1-33(2)40-27-37(52(8,9)10)28-43-44-30-39(54(14,15)16)32-46(56(20,21)22)50(44)62-64(60-48(40)43)58-35(4)25-34(3)57-63-59-47-24-23-36(51(5,6)7)26-41(47)42-29-38(53(11,12)13)31-45(49(42)61-63)55(17,18)19/h23-24,26-35H,25H2,1-22H3/t34-,35-,63?,64?/m1/s1. The van der Waals surface area contributed by atoms with Crippen LogP contribution in [0.5, 0.6) is 0 Å². The maximum atomic E-state index is 7.07. The van der Waals surface area contributed by atoms with E-state index >= 15 is 0 Å². The van der Waals surface area contributed by atoms with Crippen LogP contribution in [0.4, 0.5) is 0 Å². The molecule has 0 fully saturated rings. The molecule has 0 saturated carbocycles. The zero-order chi connectivity index (χ0) is 47.9. The largest absolute Gasteiger partial charge is 0.399 e. The molecule has 64 heavy (non-hydrogen) atoms. The molecule has 0 amide bonds. The highest BCUT2D eigenvalue weighted by Crippen LogP contribution is 2.46. The lowest BCUT2D eigenvalue weighted by Crippen LogP contribution is -2.21. The van der Waals surface area contributed by atoms with E-state index in [4.69, 9.17) is 25.8 Å². The highest BCUT2D eigenvalue weighted by molar-refractivity contribution is 7.32. The maximum Gasteiger partial charge on any atom is 0.387 e. The molecule has 0 aliphatic heterocycles. The minimum atomic E-state index is -1.87. The van der Waals surface area contributed by atoms with E-state index < -0.39 is 16.5 Å². The van der Waals surface area contributed by atoms with E-state index in [2.05, 4.69) is 207 Å². The van der Waals surface area contributed by atoms with Gasteiger partial charge in [-0.05, 0) is 110 Å². The summed E-state index contributed by atoms with van der Waals surface area (Å²) in [5.74, 6) is 0.212. The number of fused-ring (bicyclic) bond motifs is 6. The molecule has 0 spiro atoms. The van der Waals surface area contributed by atoms with Gasteiger partial charge in [-0.25, -0.2) is 0 Å². The van der Waals surface area contributed by atoms with Crippen LogP contribution in [0.3, 0.4) is 0 Å². The fraction of sp³-hybridized carbons (Fsp3) is 0.571. The summed E-state index contributed by atoms with van der Waals surface area (Å²) in [5, 5.41) is 4.19. The predicted molar refractivity (Wildman–Crippen MR) is 276 cm³/mol. The number of hydrogen-bond acceptors (Lipinski definition) is 6. The second-order valence-electron chi connectivity index (χ2n) is 25.0. The molecule has 6 nitrogen and oxygen atoms in total. The molecule has 2 unspecified atom stereocenters. The summed E-state index contributed by atoms with van der Waals surface area (Å²) in [6, 6.07) is 20.5. The Morgan fingerprint density at radius 3 is 1.17 bits per heavy atom. The van der Waals surface area contributed by atoms with Crippen molar-refractivity contribution in [3.8, 4) is 0 Å². The molecule has 0 N–H and O–H groups in total. The van der Waals surface area contributed by atoms with Gasteiger partial charge in [0.05, 0.1) is 12.2 Å². The molecule has 0 bridgehead atoms. The lowest BCUT2D eigenvalue weighted by Gasteiger charge is -2.26. The van der Waals surface area contributed by atoms with Gasteiger partial charge in [-0.3, -0.25) is 9.05 Å². The minimum absolute atomic E-state index is 0.0470. The van der Waals surface area contributed by atoms with Gasteiger partial charge in [0, 0.05) is 39.1 Å². The van der Waals surface area contributed by atoms with Crippen LogP contribution in [0, 0.1) is 0 Å². The average molecular weight is 911 g/mol. The molecule has 0 aliphatic rings. The highest BCUT2D eigenvalue weighted by Gasteiger charge is 2.29. The molecular formula is C56H80O6P2. The maximum absolute atomic E-state index is 7.07. The fourth-order valence-corrected chi connectivity index (χ4v) is 10.6. The van der Waals surface area contributed by atoms with E-state index in [9.17, 15) is 0 Å². The third-order valence-electron chi connectivity index (χ3n) is 12.4. The molecule has 0 radical (unpaired) electrons. The molecule has 0 aliphatic carbocycles. The summed E-state index contributed by atoms with van der Waals surface area (Å²) < 4.78 is 41.6. The molecule has 2 aromatic heterocycles. The van der Waals surface area contributed by atoms with Gasteiger partial charge in [-0.2, -0.15) is 0 Å². The lowest BCUT2D eigenvalue weighted by atomic mass is 9.78. The van der Waals surface area contributed by atoms with Crippen molar-refractivity contribution in [2.24, 2.45) is 0 Å². The van der Waals surface area contributed by atoms with E-state index in [-0.39, 0.29) is 50.6 Å². The van der Waals surface area contributed by atoms with Crippen molar-refractivity contribution in [1.29, 1.82) is 0 Å². The highest BCUT2D eigenvalue weighted by atomic mass is 31.1. The van der Waals surface area contributed by atoms with Gasteiger partial charge in [0.1, 0.15) is 22.3 Å². The Labute approximate surface area is 387 Å². The van der Waals surface area contributed by atoms with Crippen LogP contribution in [0.15, 0.2) is 71.4 Å². The second kappa shape index (κ2) is 17.4. The summed E-state index contributed by atoms with van der Waals surface area (Å²) in [5.41, 5.74) is 11.1. The smallest absolute Gasteiger partial charge is 0.387 e. The van der Waals surface area contributed by atoms with Crippen molar-refractivity contribution < 1.29 is 25.8 Å². The first-order valence-corrected chi connectivity index (χ1v) is 25.7. The summed E-state index contributed by atoms with van der Waals surface area (Å²) in [6.07, 6.45) is -0.0118. The SMILES string of the molecule is CC(C)c1cc(C(C)(C)C)cc2c1op(O[C@H](C)C[C@@H](C)Op1oc3ccc(C(C)(C)C)cc3c3cc(C(C)(C)C)cc(C(C)(C)C)c3o1)oc1c(C(C)(C)C)cc(C(C)(C)C)cc12. The molecule has 6 rings (SSSR count). The van der Waals surface area contributed by atoms with Crippen molar-refractivity contribution in [3.05, 3.63) is 93.5 Å². The van der Waals surface area contributed by atoms with E-state index in [1.54, 1.807) is 0 Å². The van der Waals surface area contributed by atoms with Gasteiger partial charge >= 0.3 is 16.5 Å². The Hall–Kier alpha value is -3.40. The molecule has 6 aromatic rings. The van der Waals surface area contributed by atoms with Crippen molar-refractivity contribution >= 4 is 60.4 Å². The van der Waals surface area contributed by atoms with Crippen LogP contribution >= 0.6 is 16.5 Å². The first-order valence-electron chi connectivity index (χ1n) is 23.5. The first kappa shape index (κ1) is 50.0. The van der Waals surface area contributed by atoms with Gasteiger partial charge in [-0.1, -0.05) is 163 Å². The molecule has 0 saturated heterocycles. The summed E-state index contributed by atoms with van der Waals surface area (Å²) in [6.45, 7) is 49.4. The van der Waals surface area contributed by atoms with Gasteiger partial charge in [-0.15, -0.1) is 0 Å². The third kappa shape index (κ3) is 10.9. The average Bonchev–Trinajstić information content (AvgIpc) is 3.37. The molecule has 4 atom stereocenters. The number of hydrogen-bond donors (Lipinski definition) is 0. The van der Waals surface area contributed by atoms with Crippen LogP contribution < -0.4 is 9.05 Å². The first-order chi connectivity index (χ1) is 29.1. The van der Waals surface area contributed by atoms with Gasteiger partial charge in [0.2, 0.25) is 0 Å². The van der Waals surface area contributed by atoms with Crippen LogP contribution in [0.25, 0.3) is 43.9 Å². The molecule has 350 valence electrons. The summed E-state index contributed by atoms with van der Waals surface area (Å²) in [7, 11) is -3.71. The number of rotatable bonds is 7. The quantitative estimate of drug-likeness (QED) is 0.159. The molecule has 2 heterocycles. The van der Waals surface area contributed by atoms with Gasteiger partial charge in [0.25, 0.3) is 0 Å². The molecule has 8 heteroatoms. The number of benzene rings is 4. The normalized spacial score (nSPS) is 15.2. The third-order valence-corrected chi connectivity index (χ3v) is 14.8. The second-order valence-corrected chi connectivity index (χ2v) is 27.0. The van der Waals surface area contributed by atoms with Gasteiger partial charge < -0.3 is 16.8 Å². The molecule has 4 aromatic carbocycles. The van der Waals surface area contributed by atoms with E-state index in [1.807, 2.05) is 0 Å². The Kier molecular flexibility index (Phi) is 13.6. The van der Waals surface area contributed by atoms with Crippen LogP contribution in [-0.4, -0.2) is 12.2 Å². The van der Waals surface area contributed by atoms with Gasteiger partial charge in [0.15, 0.2) is 0 Å². The predicted octanol–water partition coefficient (Wildman–Crippen LogP) is 18.5. The zero-order valence-corrected chi connectivity index (χ0v) is 45.3. The van der Waals surface area contributed by atoms with E-state index in [0.29, 0.717) is 6.42 Å². The van der Waals surface area contributed by atoms with Crippen LogP contribution in [0.1, 0.15) is 204 Å². The van der Waals surface area contributed by atoms with Crippen LogP contribution in [0.2, 0.25) is 0 Å². The van der Waals surface area contributed by atoms with Crippen molar-refractivity contribution in [2.45, 2.75) is 209 Å². The Balaban J connectivity index is 1.49. The van der Waals surface area contributed by atoms with Crippen LogP contribution in [-0.2, 0) is 32.5 Å². The monoisotopic (exact) mass is 911 g/mol. The zero-order valence-electron chi connectivity index (χ0n) is 43.5. The summed E-state index contributed by atoms with van der Waals surface area (Å²) >= 11 is 0. The minimum Gasteiger partial charge on any atom is -0.399 e. The van der Waals surface area contributed by atoms with E-state index in [1.165, 1.54) is 22.3 Å². The molecular weight excluding hydrogens is 831 g/mol. The summed E-state index contributed by atoms with van der Waals surface area (Å²) in [4.78, 5) is 0. The van der Waals surface area contributed by atoms with Crippen molar-refractivity contribution in [1.82, 2.24) is 0 Å². The van der Waals surface area contributed by atoms with E-state index in [0.717, 1.165) is 60.6 Å². The topological polar surface area (TPSA) is 71.0 Å². The Morgan fingerprint density at radius 1 is 0.406 bits per heavy atom. The van der Waals surface area contributed by atoms with Crippen molar-refractivity contribution in [3.63, 3.8) is 0 Å². The lowest BCUT2D eigenvalue weighted by molar-refractivity contribution is 0.184. The fourth-order valence-electron chi connectivity index (χ4n) is 8.21. The Bertz CT molecular complexity index is 2760.